The van der Waals surface area contributed by atoms with Gasteiger partial charge in [-0.1, -0.05) is 37.2 Å². The number of unbranched alkanes of at least 4 members (excludes halogenated alkanes) is 1. The Hall–Kier alpha value is -2.01. The predicted octanol–water partition coefficient (Wildman–Crippen LogP) is 5.23. The lowest BCUT2D eigenvalue weighted by Gasteiger charge is -2.18. The molecular formula is C21H21FINO5S. The average Bonchev–Trinajstić information content (AvgIpc) is 3.10. The molecule has 3 rings (SSSR count). The van der Waals surface area contributed by atoms with Crippen molar-refractivity contribution >= 4 is 40.6 Å². The van der Waals surface area contributed by atoms with E-state index in [4.69, 9.17) is 13.9 Å². The van der Waals surface area contributed by atoms with E-state index >= 15 is 0 Å². The second-order valence-electron chi connectivity index (χ2n) is 6.59. The summed E-state index contributed by atoms with van der Waals surface area (Å²) in [5.74, 6) is -1.39. The monoisotopic (exact) mass is 545 g/mol. The molecule has 0 spiro atoms. The SMILES string of the molecule is CCCCOc1c(C(=O)OC)occ(C2SC(Cc3ccc(F)cc3)=CN2I)c1=O. The first kappa shape index (κ1) is 22.7. The van der Waals surface area contributed by atoms with E-state index in [-0.39, 0.29) is 22.7 Å². The molecule has 0 aliphatic carbocycles. The van der Waals surface area contributed by atoms with Crippen molar-refractivity contribution in [3.05, 3.63) is 74.6 Å². The number of rotatable bonds is 8. The molecule has 1 unspecified atom stereocenters. The van der Waals surface area contributed by atoms with Crippen LogP contribution < -0.4 is 10.2 Å². The van der Waals surface area contributed by atoms with Crippen LogP contribution in [0.15, 0.2) is 50.8 Å². The van der Waals surface area contributed by atoms with Crippen molar-refractivity contribution in [1.82, 2.24) is 3.11 Å². The standard InChI is InChI=1S/C21H21FINO5S/c1-3-4-9-28-18-17(25)16(12-29-19(18)21(26)27-2)20-24(23)11-15(30-20)10-13-5-7-14(22)8-6-13/h5-8,11-12,20H,3-4,9-10H2,1-2H3. The van der Waals surface area contributed by atoms with E-state index in [1.807, 2.05) is 16.2 Å². The third kappa shape index (κ3) is 5.18. The van der Waals surface area contributed by atoms with Gasteiger partial charge in [-0.05, 0) is 24.1 Å². The maximum absolute atomic E-state index is 13.1. The van der Waals surface area contributed by atoms with Crippen LogP contribution in [-0.4, -0.2) is 22.8 Å². The number of halogens is 2. The van der Waals surface area contributed by atoms with Gasteiger partial charge in [0, 0.05) is 17.5 Å². The molecule has 1 aromatic carbocycles. The van der Waals surface area contributed by atoms with Crippen LogP contribution in [-0.2, 0) is 11.2 Å². The number of methoxy groups -OCH3 is 1. The zero-order chi connectivity index (χ0) is 21.7. The van der Waals surface area contributed by atoms with Crippen LogP contribution in [0.2, 0.25) is 0 Å². The van der Waals surface area contributed by atoms with Gasteiger partial charge in [-0.2, -0.15) is 0 Å². The summed E-state index contributed by atoms with van der Waals surface area (Å²) in [5.41, 5.74) is 0.949. The fraction of sp³-hybridized carbons (Fsp3) is 0.333. The third-order valence-electron chi connectivity index (χ3n) is 4.41. The highest BCUT2D eigenvalue weighted by Gasteiger charge is 2.32. The van der Waals surface area contributed by atoms with Gasteiger partial charge in [-0.15, -0.1) is 0 Å². The number of benzene rings is 1. The molecule has 0 N–H and O–H groups in total. The van der Waals surface area contributed by atoms with Gasteiger partial charge in [-0.3, -0.25) is 4.79 Å². The van der Waals surface area contributed by atoms with E-state index in [1.165, 1.54) is 37.3 Å². The lowest BCUT2D eigenvalue weighted by Crippen LogP contribution is -2.22. The summed E-state index contributed by atoms with van der Waals surface area (Å²) < 4.78 is 30.8. The fourth-order valence-corrected chi connectivity index (χ4v) is 5.16. The zero-order valence-electron chi connectivity index (χ0n) is 16.5. The molecule has 9 heteroatoms. The Kier molecular flexibility index (Phi) is 7.81. The molecule has 30 heavy (non-hydrogen) atoms. The number of carbonyl (C=O) groups is 1. The van der Waals surface area contributed by atoms with Gasteiger partial charge in [0.2, 0.25) is 11.2 Å². The van der Waals surface area contributed by atoms with Crippen molar-refractivity contribution < 1.29 is 23.1 Å². The number of allylic oxidation sites excluding steroid dienone is 1. The number of nitrogens with zero attached hydrogens (tertiary/aromatic N) is 1. The Morgan fingerprint density at radius 3 is 2.73 bits per heavy atom. The van der Waals surface area contributed by atoms with Crippen molar-refractivity contribution in [1.29, 1.82) is 0 Å². The third-order valence-corrected chi connectivity index (χ3v) is 6.88. The van der Waals surface area contributed by atoms with E-state index in [2.05, 4.69) is 22.9 Å². The average molecular weight is 545 g/mol. The van der Waals surface area contributed by atoms with Crippen LogP contribution >= 0.6 is 34.6 Å². The first-order chi connectivity index (χ1) is 14.4. The summed E-state index contributed by atoms with van der Waals surface area (Å²) in [5, 5.41) is -0.336. The van der Waals surface area contributed by atoms with Crippen molar-refractivity contribution in [2.75, 3.05) is 13.7 Å². The van der Waals surface area contributed by atoms with Crippen LogP contribution in [0, 0.1) is 5.82 Å². The van der Waals surface area contributed by atoms with E-state index < -0.39 is 11.4 Å². The lowest BCUT2D eigenvalue weighted by atomic mass is 10.1. The molecule has 0 saturated heterocycles. The molecule has 2 aromatic rings. The van der Waals surface area contributed by atoms with Crippen LogP contribution in [0.4, 0.5) is 4.39 Å². The summed E-state index contributed by atoms with van der Waals surface area (Å²) in [4.78, 5) is 26.2. The summed E-state index contributed by atoms with van der Waals surface area (Å²) >= 11 is 3.61. The predicted molar refractivity (Wildman–Crippen MR) is 121 cm³/mol. The maximum atomic E-state index is 13.1. The minimum atomic E-state index is -0.759. The van der Waals surface area contributed by atoms with Crippen LogP contribution in [0.5, 0.6) is 5.75 Å². The van der Waals surface area contributed by atoms with E-state index in [1.54, 1.807) is 12.1 Å². The van der Waals surface area contributed by atoms with Gasteiger partial charge in [-0.25, -0.2) is 9.18 Å². The molecule has 160 valence electrons. The van der Waals surface area contributed by atoms with Crippen molar-refractivity contribution in [3.63, 3.8) is 0 Å². The van der Waals surface area contributed by atoms with Crippen LogP contribution in [0.3, 0.4) is 0 Å². The summed E-state index contributed by atoms with van der Waals surface area (Å²) in [6.45, 7) is 2.30. The number of hydrogen-bond donors (Lipinski definition) is 0. The molecule has 0 bridgehead atoms. The Morgan fingerprint density at radius 1 is 1.33 bits per heavy atom. The first-order valence-corrected chi connectivity index (χ1v) is 11.2. The van der Waals surface area contributed by atoms with Crippen molar-refractivity contribution in [3.8, 4) is 5.75 Å². The Morgan fingerprint density at radius 2 is 2.07 bits per heavy atom. The van der Waals surface area contributed by atoms with Gasteiger partial charge >= 0.3 is 5.97 Å². The number of thioether (sulfide) groups is 1. The van der Waals surface area contributed by atoms with E-state index in [0.717, 1.165) is 23.3 Å². The molecule has 0 amide bonds. The molecule has 1 aromatic heterocycles. The molecule has 1 aliphatic heterocycles. The Bertz CT molecular complexity index is 992. The fourth-order valence-electron chi connectivity index (χ4n) is 2.83. The van der Waals surface area contributed by atoms with Gasteiger partial charge in [0.15, 0.2) is 0 Å². The molecule has 0 fully saturated rings. The summed E-state index contributed by atoms with van der Waals surface area (Å²) in [7, 11) is 1.22. The van der Waals surface area contributed by atoms with Gasteiger partial charge in [0.1, 0.15) is 17.5 Å². The van der Waals surface area contributed by atoms with E-state index in [9.17, 15) is 14.0 Å². The molecule has 0 saturated carbocycles. The highest BCUT2D eigenvalue weighted by atomic mass is 127. The summed E-state index contributed by atoms with van der Waals surface area (Å²) in [6.07, 6.45) is 5.47. The van der Waals surface area contributed by atoms with Crippen LogP contribution in [0.25, 0.3) is 0 Å². The Labute approximate surface area is 191 Å². The van der Waals surface area contributed by atoms with Crippen molar-refractivity contribution in [2.24, 2.45) is 0 Å². The Balaban J connectivity index is 1.84. The zero-order valence-corrected chi connectivity index (χ0v) is 19.5. The number of esters is 1. The second kappa shape index (κ2) is 10.3. The smallest absolute Gasteiger partial charge is 0.378 e. The number of hydrogen-bond acceptors (Lipinski definition) is 7. The van der Waals surface area contributed by atoms with Crippen molar-refractivity contribution in [2.45, 2.75) is 31.6 Å². The molecular weight excluding hydrogens is 524 g/mol. The molecule has 1 atom stereocenters. The lowest BCUT2D eigenvalue weighted by molar-refractivity contribution is 0.0553. The van der Waals surface area contributed by atoms with Crippen LogP contribution in [0.1, 0.15) is 46.8 Å². The van der Waals surface area contributed by atoms with Gasteiger partial charge < -0.3 is 17.0 Å². The molecule has 6 nitrogen and oxygen atoms in total. The number of ether oxygens (including phenoxy) is 2. The summed E-state index contributed by atoms with van der Waals surface area (Å²) in [6, 6.07) is 6.32. The minimum Gasteiger partial charge on any atom is -0.486 e. The quantitative estimate of drug-likeness (QED) is 0.195. The molecule has 2 heterocycles. The van der Waals surface area contributed by atoms with Gasteiger partial charge in [0.05, 0.1) is 42.1 Å². The molecule has 1 aliphatic rings. The molecule has 0 radical (unpaired) electrons. The normalized spacial score (nSPS) is 15.8. The highest BCUT2D eigenvalue weighted by molar-refractivity contribution is 14.1. The van der Waals surface area contributed by atoms with E-state index in [0.29, 0.717) is 18.6 Å². The topological polar surface area (TPSA) is 69.0 Å². The largest absolute Gasteiger partial charge is 0.486 e. The second-order valence-corrected chi connectivity index (χ2v) is 8.91. The number of carbonyl (C=O) groups excluding carboxylic acids is 1. The first-order valence-electron chi connectivity index (χ1n) is 9.37. The maximum Gasteiger partial charge on any atom is 0.378 e. The van der Waals surface area contributed by atoms with Gasteiger partial charge in [0.25, 0.3) is 5.76 Å². The minimum absolute atomic E-state index is 0.120. The highest BCUT2D eigenvalue weighted by Crippen LogP contribution is 2.46.